The van der Waals surface area contributed by atoms with E-state index in [0.717, 1.165) is 37.9 Å². The smallest absolute Gasteiger partial charge is 0.247 e. The highest BCUT2D eigenvalue weighted by Gasteiger charge is 2.21. The maximum absolute atomic E-state index is 4.68. The Morgan fingerprint density at radius 3 is 2.38 bits per heavy atom. The molecule has 24 heavy (non-hydrogen) atoms. The van der Waals surface area contributed by atoms with Crippen LogP contribution in [0.15, 0.2) is 36.5 Å². The van der Waals surface area contributed by atoms with Crippen LogP contribution in [-0.2, 0) is 0 Å². The Kier molecular flexibility index (Phi) is 4.44. The highest BCUT2D eigenvalue weighted by atomic mass is 15.4. The highest BCUT2D eigenvalue weighted by molar-refractivity contribution is 5.48. The van der Waals surface area contributed by atoms with Crippen LogP contribution in [0.2, 0.25) is 0 Å². The summed E-state index contributed by atoms with van der Waals surface area (Å²) in [6.45, 7) is 3.80. The summed E-state index contributed by atoms with van der Waals surface area (Å²) in [5.74, 6) is 1.60. The predicted molar refractivity (Wildman–Crippen MR) is 96.6 cm³/mol. The van der Waals surface area contributed by atoms with E-state index in [4.69, 9.17) is 0 Å². The van der Waals surface area contributed by atoms with Gasteiger partial charge in [-0.3, -0.25) is 0 Å². The molecule has 0 radical (unpaired) electrons. The van der Waals surface area contributed by atoms with Crippen LogP contribution in [0.4, 0.5) is 17.5 Å². The predicted octanol–water partition coefficient (Wildman–Crippen LogP) is 2.55. The molecule has 0 atom stereocenters. The number of piperazine rings is 1. The Morgan fingerprint density at radius 1 is 0.917 bits per heavy atom. The molecule has 1 N–H and O–H groups in total. The summed E-state index contributed by atoms with van der Waals surface area (Å²) < 4.78 is 0. The molecule has 1 aromatic heterocycles. The molecule has 0 bridgehead atoms. The van der Waals surface area contributed by atoms with E-state index >= 15 is 0 Å². The Morgan fingerprint density at radius 2 is 1.62 bits per heavy atom. The summed E-state index contributed by atoms with van der Waals surface area (Å²) in [5.41, 5.74) is 1.29. The Hall–Kier alpha value is -2.37. The van der Waals surface area contributed by atoms with Crippen LogP contribution >= 0.6 is 0 Å². The lowest BCUT2D eigenvalue weighted by molar-refractivity contribution is 0.634. The minimum atomic E-state index is 0.546. The number of para-hydroxylation sites is 1. The van der Waals surface area contributed by atoms with Crippen molar-refractivity contribution in [1.82, 2.24) is 15.2 Å². The Balaban J connectivity index is 1.38. The molecule has 2 aromatic rings. The first-order chi connectivity index (χ1) is 11.9. The second-order valence-electron chi connectivity index (χ2n) is 6.58. The van der Waals surface area contributed by atoms with Gasteiger partial charge in [0.1, 0.15) is 0 Å². The molecular formula is C18H24N6. The van der Waals surface area contributed by atoms with Gasteiger partial charge in [-0.1, -0.05) is 31.0 Å². The molecule has 1 aliphatic heterocycles. The molecule has 1 saturated heterocycles. The lowest BCUT2D eigenvalue weighted by Crippen LogP contribution is -2.47. The van der Waals surface area contributed by atoms with Crippen molar-refractivity contribution < 1.29 is 0 Å². The van der Waals surface area contributed by atoms with Gasteiger partial charge in [0.2, 0.25) is 5.95 Å². The van der Waals surface area contributed by atoms with Gasteiger partial charge in [-0.15, -0.1) is 5.10 Å². The van der Waals surface area contributed by atoms with Crippen molar-refractivity contribution in [3.05, 3.63) is 36.5 Å². The van der Waals surface area contributed by atoms with Gasteiger partial charge in [-0.25, -0.2) is 0 Å². The summed E-state index contributed by atoms with van der Waals surface area (Å²) in [7, 11) is 0. The molecule has 0 spiro atoms. The minimum Gasteiger partial charge on any atom is -0.368 e. The average molecular weight is 324 g/mol. The summed E-state index contributed by atoms with van der Waals surface area (Å²) in [6, 6.07) is 11.1. The second kappa shape index (κ2) is 7.03. The van der Waals surface area contributed by atoms with E-state index in [1.165, 1.54) is 31.4 Å². The van der Waals surface area contributed by atoms with Gasteiger partial charge in [0.05, 0.1) is 6.20 Å². The minimum absolute atomic E-state index is 0.546. The fourth-order valence-electron chi connectivity index (χ4n) is 3.58. The molecule has 2 fully saturated rings. The standard InChI is InChI=1S/C18H24N6/c1-2-8-16(9-3-1)23-10-12-24(13-11-23)18-21-17(14-19-22-18)20-15-6-4-5-7-15/h1-3,8-9,14-15H,4-7,10-13H2,(H,20,21,22). The van der Waals surface area contributed by atoms with Crippen molar-refractivity contribution in [3.8, 4) is 0 Å². The van der Waals surface area contributed by atoms with Crippen molar-refractivity contribution in [3.63, 3.8) is 0 Å². The van der Waals surface area contributed by atoms with E-state index in [0.29, 0.717) is 6.04 Å². The topological polar surface area (TPSA) is 57.2 Å². The van der Waals surface area contributed by atoms with Gasteiger partial charge in [0.15, 0.2) is 5.82 Å². The molecule has 1 saturated carbocycles. The quantitative estimate of drug-likeness (QED) is 0.933. The number of rotatable bonds is 4. The fourth-order valence-corrected chi connectivity index (χ4v) is 3.58. The third kappa shape index (κ3) is 3.42. The number of nitrogens with zero attached hydrogens (tertiary/aromatic N) is 5. The Bertz CT molecular complexity index is 648. The molecule has 0 unspecified atom stereocenters. The van der Waals surface area contributed by atoms with Gasteiger partial charge in [-0.2, -0.15) is 10.1 Å². The first kappa shape index (κ1) is 15.2. The van der Waals surface area contributed by atoms with Gasteiger partial charge in [-0.05, 0) is 25.0 Å². The zero-order chi connectivity index (χ0) is 16.2. The maximum Gasteiger partial charge on any atom is 0.247 e. The molecule has 4 rings (SSSR count). The second-order valence-corrected chi connectivity index (χ2v) is 6.58. The van der Waals surface area contributed by atoms with Crippen molar-refractivity contribution in [2.45, 2.75) is 31.7 Å². The molecule has 0 amide bonds. The largest absolute Gasteiger partial charge is 0.368 e. The zero-order valence-electron chi connectivity index (χ0n) is 13.9. The van der Waals surface area contributed by atoms with Gasteiger partial charge in [0, 0.05) is 37.9 Å². The Labute approximate surface area is 142 Å². The monoisotopic (exact) mass is 324 g/mol. The van der Waals surface area contributed by atoms with Crippen LogP contribution < -0.4 is 15.1 Å². The normalized spacial score (nSPS) is 18.8. The maximum atomic E-state index is 4.68. The number of benzene rings is 1. The zero-order valence-corrected chi connectivity index (χ0v) is 13.9. The van der Waals surface area contributed by atoms with Crippen molar-refractivity contribution in [2.75, 3.05) is 41.3 Å². The molecule has 1 aliphatic carbocycles. The van der Waals surface area contributed by atoms with Crippen molar-refractivity contribution >= 4 is 17.5 Å². The summed E-state index contributed by atoms with van der Waals surface area (Å²) in [4.78, 5) is 9.32. The third-order valence-corrected chi connectivity index (χ3v) is 4.94. The van der Waals surface area contributed by atoms with Crippen molar-refractivity contribution in [2.24, 2.45) is 0 Å². The van der Waals surface area contributed by atoms with E-state index in [-0.39, 0.29) is 0 Å². The van der Waals surface area contributed by atoms with Crippen LogP contribution in [0.1, 0.15) is 25.7 Å². The lowest BCUT2D eigenvalue weighted by atomic mass is 10.2. The number of nitrogens with one attached hydrogen (secondary N) is 1. The molecule has 1 aromatic carbocycles. The molecule has 6 nitrogen and oxygen atoms in total. The fraction of sp³-hybridized carbons (Fsp3) is 0.500. The van der Waals surface area contributed by atoms with Crippen molar-refractivity contribution in [1.29, 1.82) is 0 Å². The number of hydrogen-bond acceptors (Lipinski definition) is 6. The molecule has 6 heteroatoms. The SMILES string of the molecule is c1ccc(N2CCN(c3nncc(NC4CCCC4)n3)CC2)cc1. The van der Waals surface area contributed by atoms with E-state index in [1.54, 1.807) is 6.20 Å². The van der Waals surface area contributed by atoms with Crippen LogP contribution in [0.25, 0.3) is 0 Å². The van der Waals surface area contributed by atoms with Gasteiger partial charge >= 0.3 is 0 Å². The molecule has 2 aliphatic rings. The first-order valence-electron chi connectivity index (χ1n) is 8.90. The van der Waals surface area contributed by atoms with E-state index in [2.05, 4.69) is 60.6 Å². The summed E-state index contributed by atoms with van der Waals surface area (Å²) in [5, 5.41) is 11.9. The third-order valence-electron chi connectivity index (χ3n) is 4.94. The summed E-state index contributed by atoms with van der Waals surface area (Å²) >= 11 is 0. The number of aromatic nitrogens is 3. The molecular weight excluding hydrogens is 300 g/mol. The molecule has 126 valence electrons. The van der Waals surface area contributed by atoms with E-state index in [9.17, 15) is 0 Å². The van der Waals surface area contributed by atoms with Crippen LogP contribution in [-0.4, -0.2) is 47.4 Å². The van der Waals surface area contributed by atoms with Crippen LogP contribution in [0.3, 0.4) is 0 Å². The van der Waals surface area contributed by atoms with Gasteiger partial charge in [0.25, 0.3) is 0 Å². The molecule has 2 heterocycles. The number of hydrogen-bond donors (Lipinski definition) is 1. The highest BCUT2D eigenvalue weighted by Crippen LogP contribution is 2.22. The first-order valence-corrected chi connectivity index (χ1v) is 8.90. The van der Waals surface area contributed by atoms with Crippen LogP contribution in [0, 0.1) is 0 Å². The van der Waals surface area contributed by atoms with Crippen LogP contribution in [0.5, 0.6) is 0 Å². The van der Waals surface area contributed by atoms with E-state index in [1.807, 2.05) is 0 Å². The average Bonchev–Trinajstić information content (AvgIpc) is 3.16. The number of anilines is 3. The van der Waals surface area contributed by atoms with E-state index < -0.39 is 0 Å². The summed E-state index contributed by atoms with van der Waals surface area (Å²) in [6.07, 6.45) is 6.82. The lowest BCUT2D eigenvalue weighted by Gasteiger charge is -2.36. The van der Waals surface area contributed by atoms with Gasteiger partial charge < -0.3 is 15.1 Å².